The Kier molecular flexibility index (Phi) is 3.89. The highest BCUT2D eigenvalue weighted by atomic mass is 35.5. The average molecular weight is 248 g/mol. The van der Waals surface area contributed by atoms with E-state index in [-0.39, 0.29) is 0 Å². The van der Waals surface area contributed by atoms with E-state index in [1.165, 1.54) is 5.56 Å². The van der Waals surface area contributed by atoms with Crippen LogP contribution in [0, 0.1) is 0 Å². The fraction of sp³-hybridized carbons (Fsp3) is 0.143. The lowest BCUT2D eigenvalue weighted by molar-refractivity contribution is 0.322. The van der Waals surface area contributed by atoms with E-state index in [1.807, 2.05) is 48.5 Å². The predicted molar refractivity (Wildman–Crippen MR) is 71.5 cm³/mol. The molecular weight excluding hydrogens is 234 g/mol. The number of nitrogens with two attached hydrogens (primary N) is 1. The highest BCUT2D eigenvalue weighted by molar-refractivity contribution is 6.30. The molecule has 0 bridgehead atoms. The van der Waals surface area contributed by atoms with Crippen LogP contribution in [-0.2, 0) is 6.42 Å². The zero-order valence-electron chi connectivity index (χ0n) is 9.40. The summed E-state index contributed by atoms with van der Waals surface area (Å²) in [7, 11) is 0. The topological polar surface area (TPSA) is 35.2 Å². The number of halogens is 1. The normalized spacial score (nSPS) is 10.2. The van der Waals surface area contributed by atoms with Gasteiger partial charge in [-0.05, 0) is 42.0 Å². The van der Waals surface area contributed by atoms with Crippen LogP contribution in [0.25, 0.3) is 0 Å². The Bertz CT molecular complexity index is 419. The monoisotopic (exact) mass is 247 g/mol. The van der Waals surface area contributed by atoms with Gasteiger partial charge in [0.15, 0.2) is 0 Å². The van der Waals surface area contributed by atoms with Gasteiger partial charge in [0.1, 0.15) is 5.75 Å². The van der Waals surface area contributed by atoms with Crippen molar-refractivity contribution in [3.05, 3.63) is 59.1 Å². The Hall–Kier alpha value is -1.67. The van der Waals surface area contributed by atoms with Crippen molar-refractivity contribution in [1.29, 1.82) is 0 Å². The molecule has 0 radical (unpaired) electrons. The molecule has 2 aromatic carbocycles. The third-order valence-electron chi connectivity index (χ3n) is 2.45. The van der Waals surface area contributed by atoms with Crippen molar-refractivity contribution in [3.63, 3.8) is 0 Å². The van der Waals surface area contributed by atoms with E-state index in [2.05, 4.69) is 0 Å². The van der Waals surface area contributed by atoms with Crippen molar-refractivity contribution in [2.75, 3.05) is 12.3 Å². The molecule has 0 atom stereocenters. The molecule has 2 nitrogen and oxygen atoms in total. The summed E-state index contributed by atoms with van der Waals surface area (Å²) in [5.74, 6) is 0.838. The summed E-state index contributed by atoms with van der Waals surface area (Å²) in [4.78, 5) is 0. The maximum absolute atomic E-state index is 5.79. The van der Waals surface area contributed by atoms with Crippen LogP contribution < -0.4 is 10.5 Å². The molecule has 0 aliphatic carbocycles. The molecule has 17 heavy (non-hydrogen) atoms. The Morgan fingerprint density at radius 1 is 0.941 bits per heavy atom. The van der Waals surface area contributed by atoms with E-state index in [0.29, 0.717) is 6.61 Å². The summed E-state index contributed by atoms with van der Waals surface area (Å²) in [6.45, 7) is 0.644. The van der Waals surface area contributed by atoms with Crippen molar-refractivity contribution in [1.82, 2.24) is 0 Å². The zero-order valence-corrected chi connectivity index (χ0v) is 10.2. The first-order valence-corrected chi connectivity index (χ1v) is 5.84. The molecule has 2 rings (SSSR count). The fourth-order valence-electron chi connectivity index (χ4n) is 1.50. The lowest BCUT2D eigenvalue weighted by Crippen LogP contribution is -2.01. The van der Waals surface area contributed by atoms with Crippen LogP contribution in [0.5, 0.6) is 5.75 Å². The SMILES string of the molecule is Nc1ccc(CCOc2ccc(Cl)cc2)cc1. The standard InChI is InChI=1S/C14H14ClNO/c15-12-3-7-14(8-4-12)17-10-9-11-1-5-13(16)6-2-11/h1-8H,9-10,16H2. The number of anilines is 1. The number of nitrogen functional groups attached to an aromatic ring is 1. The maximum atomic E-state index is 5.79. The number of rotatable bonds is 4. The molecule has 3 heteroatoms. The molecule has 0 aromatic heterocycles. The predicted octanol–water partition coefficient (Wildman–Crippen LogP) is 3.54. The van der Waals surface area contributed by atoms with Crippen LogP contribution >= 0.6 is 11.6 Å². The Labute approximate surface area is 106 Å². The van der Waals surface area contributed by atoms with Gasteiger partial charge in [-0.3, -0.25) is 0 Å². The van der Waals surface area contributed by atoms with Crippen molar-refractivity contribution < 1.29 is 4.74 Å². The smallest absolute Gasteiger partial charge is 0.119 e. The minimum Gasteiger partial charge on any atom is -0.493 e. The molecule has 0 aliphatic rings. The molecule has 0 spiro atoms. The van der Waals surface area contributed by atoms with E-state index in [9.17, 15) is 0 Å². The van der Waals surface area contributed by atoms with Crippen LogP contribution in [0.4, 0.5) is 5.69 Å². The van der Waals surface area contributed by atoms with Crippen LogP contribution in [0.1, 0.15) is 5.56 Å². The highest BCUT2D eigenvalue weighted by Gasteiger charge is 1.96. The number of hydrogen-bond donors (Lipinski definition) is 1. The van der Waals surface area contributed by atoms with Gasteiger partial charge in [0.2, 0.25) is 0 Å². The van der Waals surface area contributed by atoms with Crippen LogP contribution in [-0.4, -0.2) is 6.61 Å². The van der Waals surface area contributed by atoms with E-state index in [4.69, 9.17) is 22.1 Å². The molecule has 0 amide bonds. The molecular formula is C14H14ClNO. The number of hydrogen-bond acceptors (Lipinski definition) is 2. The number of ether oxygens (including phenoxy) is 1. The number of benzene rings is 2. The van der Waals surface area contributed by atoms with Gasteiger partial charge in [-0.25, -0.2) is 0 Å². The quantitative estimate of drug-likeness (QED) is 0.839. The maximum Gasteiger partial charge on any atom is 0.119 e. The van der Waals surface area contributed by atoms with Crippen LogP contribution in [0.15, 0.2) is 48.5 Å². The molecule has 0 saturated heterocycles. The minimum atomic E-state index is 0.644. The first kappa shape index (κ1) is 11.8. The van der Waals surface area contributed by atoms with Crippen molar-refractivity contribution in [2.45, 2.75) is 6.42 Å². The summed E-state index contributed by atoms with van der Waals surface area (Å²) in [6.07, 6.45) is 0.864. The van der Waals surface area contributed by atoms with Gasteiger partial charge in [-0.15, -0.1) is 0 Å². The van der Waals surface area contributed by atoms with Crippen molar-refractivity contribution in [2.24, 2.45) is 0 Å². The summed E-state index contributed by atoms with van der Waals surface area (Å²) >= 11 is 5.79. The summed E-state index contributed by atoms with van der Waals surface area (Å²) in [6, 6.07) is 15.2. The van der Waals surface area contributed by atoms with Gasteiger partial charge in [-0.2, -0.15) is 0 Å². The van der Waals surface area contributed by atoms with Gasteiger partial charge in [0, 0.05) is 17.1 Å². The second-order valence-corrected chi connectivity index (χ2v) is 4.23. The summed E-state index contributed by atoms with van der Waals surface area (Å²) in [5, 5.41) is 0.718. The van der Waals surface area contributed by atoms with Gasteiger partial charge in [-0.1, -0.05) is 23.7 Å². The van der Waals surface area contributed by atoms with Crippen LogP contribution in [0.3, 0.4) is 0 Å². The third-order valence-corrected chi connectivity index (χ3v) is 2.70. The molecule has 0 heterocycles. The summed E-state index contributed by atoms with van der Waals surface area (Å²) < 4.78 is 5.61. The van der Waals surface area contributed by atoms with E-state index in [0.717, 1.165) is 22.9 Å². The lowest BCUT2D eigenvalue weighted by atomic mass is 10.1. The molecule has 0 unspecified atom stereocenters. The van der Waals surface area contributed by atoms with Crippen molar-refractivity contribution in [3.8, 4) is 5.75 Å². The first-order chi connectivity index (χ1) is 8.24. The van der Waals surface area contributed by atoms with Crippen molar-refractivity contribution >= 4 is 17.3 Å². The third kappa shape index (κ3) is 3.68. The molecule has 0 saturated carbocycles. The van der Waals surface area contributed by atoms with E-state index >= 15 is 0 Å². The van der Waals surface area contributed by atoms with Gasteiger partial charge in [0.25, 0.3) is 0 Å². The highest BCUT2D eigenvalue weighted by Crippen LogP contribution is 2.15. The van der Waals surface area contributed by atoms with E-state index < -0.39 is 0 Å². The van der Waals surface area contributed by atoms with Gasteiger partial charge >= 0.3 is 0 Å². The Morgan fingerprint density at radius 2 is 1.59 bits per heavy atom. The second-order valence-electron chi connectivity index (χ2n) is 3.79. The molecule has 2 N–H and O–H groups in total. The Morgan fingerprint density at radius 3 is 2.24 bits per heavy atom. The molecule has 0 aliphatic heterocycles. The molecule has 0 fully saturated rings. The largest absolute Gasteiger partial charge is 0.493 e. The van der Waals surface area contributed by atoms with E-state index in [1.54, 1.807) is 0 Å². The molecule has 2 aromatic rings. The van der Waals surface area contributed by atoms with Gasteiger partial charge in [0.05, 0.1) is 6.61 Å². The van der Waals surface area contributed by atoms with Gasteiger partial charge < -0.3 is 10.5 Å². The average Bonchev–Trinajstić information content (AvgIpc) is 2.34. The zero-order chi connectivity index (χ0) is 12.1. The summed E-state index contributed by atoms with van der Waals surface area (Å²) in [5.41, 5.74) is 7.62. The first-order valence-electron chi connectivity index (χ1n) is 5.47. The Balaban J connectivity index is 1.83. The minimum absolute atomic E-state index is 0.644. The fourth-order valence-corrected chi connectivity index (χ4v) is 1.63. The lowest BCUT2D eigenvalue weighted by Gasteiger charge is -2.06. The second kappa shape index (κ2) is 5.60. The molecule has 88 valence electrons. The van der Waals surface area contributed by atoms with Crippen LogP contribution in [0.2, 0.25) is 5.02 Å².